The molecule has 62 heavy (non-hydrogen) atoms. The average molecular weight is 795 g/mol. The van der Waals surface area contributed by atoms with Gasteiger partial charge in [-0.1, -0.05) is 206 Å². The number of allylic oxidation sites excluding steroid dienone is 1. The first-order chi connectivity index (χ1) is 30.6. The van der Waals surface area contributed by atoms with Gasteiger partial charge in [-0.15, -0.1) is 0 Å². The zero-order valence-corrected chi connectivity index (χ0v) is 34.1. The first kappa shape index (κ1) is 38.0. The van der Waals surface area contributed by atoms with Gasteiger partial charge in [0.15, 0.2) is 5.82 Å². The lowest BCUT2D eigenvalue weighted by Gasteiger charge is -2.14. The summed E-state index contributed by atoms with van der Waals surface area (Å²) in [5.41, 5.74) is 20.7. The van der Waals surface area contributed by atoms with Gasteiger partial charge in [-0.2, -0.15) is 0 Å². The van der Waals surface area contributed by atoms with Crippen LogP contribution in [0.3, 0.4) is 0 Å². The van der Waals surface area contributed by atoms with Gasteiger partial charge in [0.2, 0.25) is 0 Å². The predicted octanol–water partition coefficient (Wildman–Crippen LogP) is 14.1. The number of nitrogens with two attached hydrogens (primary N) is 1. The van der Waals surface area contributed by atoms with Crippen LogP contribution in [0.1, 0.15) is 16.7 Å². The summed E-state index contributed by atoms with van der Waals surface area (Å²) in [5, 5.41) is 4.81. The molecule has 294 valence electrons. The van der Waals surface area contributed by atoms with Crippen molar-refractivity contribution in [2.24, 2.45) is 10.7 Å². The summed E-state index contributed by atoms with van der Waals surface area (Å²) in [4.78, 5) is 15.3. The van der Waals surface area contributed by atoms with E-state index in [9.17, 15) is 0 Å². The maximum atomic E-state index is 6.59. The number of aliphatic imine (C=N–C) groups is 1. The third-order valence-electron chi connectivity index (χ3n) is 11.4. The van der Waals surface area contributed by atoms with Gasteiger partial charge in [0.05, 0.1) is 23.6 Å². The Morgan fingerprint density at radius 2 is 0.871 bits per heavy atom. The number of rotatable bonds is 10. The molecule has 0 saturated carbocycles. The molecule has 0 amide bonds. The molecule has 10 rings (SSSR count). The van der Waals surface area contributed by atoms with Crippen molar-refractivity contribution < 1.29 is 0 Å². The first-order valence-corrected chi connectivity index (χ1v) is 20.9. The molecule has 0 aliphatic heterocycles. The topological polar surface area (TPSA) is 64.2 Å². The Morgan fingerprint density at radius 1 is 0.403 bits per heavy atom. The van der Waals surface area contributed by atoms with E-state index in [1.54, 1.807) is 0 Å². The van der Waals surface area contributed by atoms with E-state index in [1.807, 2.05) is 91.0 Å². The molecule has 0 radical (unpaired) electrons. The Kier molecular flexibility index (Phi) is 10.5. The molecule has 0 atom stereocenters. The van der Waals surface area contributed by atoms with Crippen molar-refractivity contribution in [3.63, 3.8) is 0 Å². The molecular formula is C58H42N4. The van der Waals surface area contributed by atoms with Gasteiger partial charge in [-0.05, 0) is 84.8 Å². The van der Waals surface area contributed by atoms with Gasteiger partial charge in [-0.25, -0.2) is 9.97 Å². The van der Waals surface area contributed by atoms with Crippen LogP contribution in [0, 0.1) is 0 Å². The third kappa shape index (κ3) is 7.93. The van der Waals surface area contributed by atoms with Crippen molar-refractivity contribution >= 4 is 33.0 Å². The molecule has 4 nitrogen and oxygen atoms in total. The molecule has 0 fully saturated rings. The van der Waals surface area contributed by atoms with Gasteiger partial charge < -0.3 is 5.73 Å². The van der Waals surface area contributed by atoms with Gasteiger partial charge >= 0.3 is 0 Å². The van der Waals surface area contributed by atoms with Gasteiger partial charge in [0.25, 0.3) is 0 Å². The second-order valence-electron chi connectivity index (χ2n) is 15.4. The van der Waals surface area contributed by atoms with Crippen molar-refractivity contribution in [2.45, 2.75) is 6.54 Å². The van der Waals surface area contributed by atoms with E-state index in [0.29, 0.717) is 18.1 Å². The standard InChI is InChI=1S/C58H42N4/c59-54(41-18-5-1-6-19-41)37-55(42-20-7-2-8-21-42)60-39-40-17-13-26-45(35-40)48-29-15-31-50-51-32-16-30-49(53(51)34-33-52(48)50)46-27-14-28-47(36-46)58-61-56(43-22-9-3-10-23-43)38-57(62-58)44-24-11-4-12-25-44/h1-38H,39,59H2/b54-37-,60-55?. The Labute approximate surface area is 362 Å². The summed E-state index contributed by atoms with van der Waals surface area (Å²) in [6, 6.07) is 78.1. The number of nitrogens with zero attached hydrogens (tertiary/aromatic N) is 3. The molecule has 9 aromatic carbocycles. The maximum absolute atomic E-state index is 6.59. The van der Waals surface area contributed by atoms with Crippen LogP contribution in [-0.4, -0.2) is 15.7 Å². The van der Waals surface area contributed by atoms with Gasteiger partial charge in [0, 0.05) is 22.4 Å². The summed E-state index contributed by atoms with van der Waals surface area (Å²) >= 11 is 0. The van der Waals surface area contributed by atoms with Crippen LogP contribution >= 0.6 is 0 Å². The van der Waals surface area contributed by atoms with E-state index in [0.717, 1.165) is 67.2 Å². The molecule has 1 heterocycles. The minimum atomic E-state index is 0.516. The van der Waals surface area contributed by atoms with Crippen molar-refractivity contribution in [2.75, 3.05) is 0 Å². The largest absolute Gasteiger partial charge is 0.398 e. The highest BCUT2D eigenvalue weighted by molar-refractivity contribution is 6.15. The summed E-state index contributed by atoms with van der Waals surface area (Å²) in [7, 11) is 0. The molecule has 0 aliphatic rings. The maximum Gasteiger partial charge on any atom is 0.160 e. The summed E-state index contributed by atoms with van der Waals surface area (Å²) in [6.07, 6.45) is 1.98. The zero-order chi connectivity index (χ0) is 41.7. The number of fused-ring (bicyclic) bond motifs is 3. The van der Waals surface area contributed by atoms with E-state index in [1.165, 1.54) is 27.1 Å². The number of hydrogen-bond acceptors (Lipinski definition) is 4. The molecule has 10 aromatic rings. The quantitative estimate of drug-likeness (QED) is 0.111. The van der Waals surface area contributed by atoms with Crippen LogP contribution in [-0.2, 0) is 6.54 Å². The Hall–Kier alpha value is -8.21. The fourth-order valence-electron chi connectivity index (χ4n) is 8.25. The second kappa shape index (κ2) is 17.2. The normalized spacial score (nSPS) is 11.9. The van der Waals surface area contributed by atoms with Crippen molar-refractivity contribution in [1.29, 1.82) is 0 Å². The van der Waals surface area contributed by atoms with Crippen LogP contribution < -0.4 is 5.73 Å². The monoisotopic (exact) mass is 794 g/mol. The van der Waals surface area contributed by atoms with Crippen molar-refractivity contribution in [1.82, 2.24) is 9.97 Å². The van der Waals surface area contributed by atoms with Gasteiger partial charge in [0.1, 0.15) is 0 Å². The Bertz CT molecular complexity index is 3190. The fourth-order valence-corrected chi connectivity index (χ4v) is 8.25. The van der Waals surface area contributed by atoms with E-state index in [-0.39, 0.29) is 0 Å². The Balaban J connectivity index is 0.997. The molecule has 0 saturated heterocycles. The van der Waals surface area contributed by atoms with E-state index >= 15 is 0 Å². The highest BCUT2D eigenvalue weighted by Crippen LogP contribution is 2.38. The number of aromatic nitrogens is 2. The van der Waals surface area contributed by atoms with Crippen LogP contribution in [0.2, 0.25) is 0 Å². The zero-order valence-electron chi connectivity index (χ0n) is 34.1. The Morgan fingerprint density at radius 3 is 1.45 bits per heavy atom. The van der Waals surface area contributed by atoms with E-state index in [2.05, 4.69) is 140 Å². The molecule has 4 heteroatoms. The minimum Gasteiger partial charge on any atom is -0.398 e. The summed E-state index contributed by atoms with van der Waals surface area (Å²) < 4.78 is 0. The van der Waals surface area contributed by atoms with Crippen LogP contribution in [0.5, 0.6) is 0 Å². The molecule has 0 unspecified atom stereocenters. The SMILES string of the molecule is N/C(=C\C(=NCc1cccc(-c2cccc3c2ccc2c(-c4cccc(-c5nc(-c6ccccc6)cc(-c6ccccc6)n5)c4)cccc23)c1)c1ccccc1)c1ccccc1. The van der Waals surface area contributed by atoms with Gasteiger partial charge in [-0.3, -0.25) is 4.99 Å². The molecular weight excluding hydrogens is 753 g/mol. The summed E-state index contributed by atoms with van der Waals surface area (Å²) in [5.74, 6) is 0.694. The molecule has 0 bridgehead atoms. The minimum absolute atomic E-state index is 0.516. The molecule has 0 spiro atoms. The van der Waals surface area contributed by atoms with Crippen LogP contribution in [0.15, 0.2) is 236 Å². The molecule has 0 aliphatic carbocycles. The predicted molar refractivity (Wildman–Crippen MR) is 260 cm³/mol. The van der Waals surface area contributed by atoms with Crippen LogP contribution in [0.4, 0.5) is 0 Å². The lowest BCUT2D eigenvalue weighted by atomic mass is 9.91. The smallest absolute Gasteiger partial charge is 0.160 e. The average Bonchev–Trinajstić information content (AvgIpc) is 3.35. The van der Waals surface area contributed by atoms with E-state index < -0.39 is 0 Å². The highest BCUT2D eigenvalue weighted by Gasteiger charge is 2.14. The number of benzene rings is 9. The molecule has 1 aromatic heterocycles. The first-order valence-electron chi connectivity index (χ1n) is 20.9. The highest BCUT2D eigenvalue weighted by atomic mass is 14.9. The van der Waals surface area contributed by atoms with Crippen molar-refractivity contribution in [3.05, 3.63) is 247 Å². The third-order valence-corrected chi connectivity index (χ3v) is 11.4. The van der Waals surface area contributed by atoms with E-state index in [4.69, 9.17) is 20.7 Å². The lowest BCUT2D eigenvalue weighted by molar-refractivity contribution is 1.07. The van der Waals surface area contributed by atoms with Crippen molar-refractivity contribution in [3.8, 4) is 56.2 Å². The lowest BCUT2D eigenvalue weighted by Crippen LogP contribution is -2.04. The number of hydrogen-bond donors (Lipinski definition) is 1. The fraction of sp³-hybridized carbons (Fsp3) is 0.0172. The van der Waals surface area contributed by atoms with Crippen LogP contribution in [0.25, 0.3) is 83.4 Å². The summed E-state index contributed by atoms with van der Waals surface area (Å²) in [6.45, 7) is 0.516. The second-order valence-corrected chi connectivity index (χ2v) is 15.4. The molecule has 2 N–H and O–H groups in total.